The molecule has 0 aliphatic carbocycles. The lowest BCUT2D eigenvalue weighted by Gasteiger charge is -2.20. The van der Waals surface area contributed by atoms with E-state index in [2.05, 4.69) is 10.1 Å². The molecule has 18 heavy (non-hydrogen) atoms. The average molecular weight is 253 g/mol. The van der Waals surface area contributed by atoms with Gasteiger partial charge in [0.1, 0.15) is 5.75 Å². The minimum atomic E-state index is -2.78. The Morgan fingerprint density at radius 3 is 2.83 bits per heavy atom. The molecule has 0 bridgehead atoms. The van der Waals surface area contributed by atoms with E-state index in [0.29, 0.717) is 11.6 Å². The van der Waals surface area contributed by atoms with E-state index in [1.54, 1.807) is 18.2 Å². The van der Waals surface area contributed by atoms with Crippen LogP contribution in [0.15, 0.2) is 30.3 Å². The van der Waals surface area contributed by atoms with Crippen LogP contribution in [0.3, 0.4) is 0 Å². The third-order valence-corrected chi connectivity index (χ3v) is 2.99. The van der Waals surface area contributed by atoms with Crippen molar-refractivity contribution in [3.63, 3.8) is 0 Å². The molecule has 1 saturated heterocycles. The molecule has 0 amide bonds. The highest BCUT2D eigenvalue weighted by Gasteiger charge is 2.10. The van der Waals surface area contributed by atoms with E-state index in [9.17, 15) is 8.78 Å². The van der Waals surface area contributed by atoms with Gasteiger partial charge in [-0.15, -0.1) is 0 Å². The van der Waals surface area contributed by atoms with Gasteiger partial charge >= 0.3 is 6.61 Å². The summed E-state index contributed by atoms with van der Waals surface area (Å²) >= 11 is 0. The Bertz CT molecular complexity index is 401. The number of hydrogen-bond acceptors (Lipinski definition) is 2. The highest BCUT2D eigenvalue weighted by atomic mass is 19.3. The lowest BCUT2D eigenvalue weighted by atomic mass is 10.0. The van der Waals surface area contributed by atoms with Gasteiger partial charge in [0.2, 0.25) is 0 Å². The van der Waals surface area contributed by atoms with E-state index in [1.165, 1.54) is 12.8 Å². The fraction of sp³-hybridized carbons (Fsp3) is 0.429. The summed E-state index contributed by atoms with van der Waals surface area (Å²) in [4.78, 5) is 0. The smallest absolute Gasteiger partial charge is 0.387 e. The van der Waals surface area contributed by atoms with Crippen molar-refractivity contribution in [1.82, 2.24) is 5.32 Å². The van der Waals surface area contributed by atoms with Crippen LogP contribution in [-0.4, -0.2) is 19.2 Å². The number of alkyl halides is 2. The molecular formula is C14H17F2NO. The Labute approximate surface area is 106 Å². The molecule has 0 aromatic heterocycles. The first-order valence-electron chi connectivity index (χ1n) is 6.21. The predicted octanol–water partition coefficient (Wildman–Crippen LogP) is 3.44. The van der Waals surface area contributed by atoms with Crippen LogP contribution < -0.4 is 10.1 Å². The first-order chi connectivity index (χ1) is 8.75. The van der Waals surface area contributed by atoms with Crippen molar-refractivity contribution < 1.29 is 13.5 Å². The minimum Gasteiger partial charge on any atom is -0.434 e. The SMILES string of the molecule is FC(F)Oc1ccccc1/C=C/C1CCCCN1. The Balaban J connectivity index is 2.05. The van der Waals surface area contributed by atoms with Gasteiger partial charge in [0.05, 0.1) is 0 Å². The fourth-order valence-electron chi connectivity index (χ4n) is 2.08. The van der Waals surface area contributed by atoms with E-state index in [4.69, 9.17) is 0 Å². The summed E-state index contributed by atoms with van der Waals surface area (Å²) in [5.74, 6) is 0.222. The third-order valence-electron chi connectivity index (χ3n) is 2.99. The number of ether oxygens (including phenoxy) is 1. The summed E-state index contributed by atoms with van der Waals surface area (Å²) in [5.41, 5.74) is 0.685. The zero-order valence-corrected chi connectivity index (χ0v) is 10.1. The minimum absolute atomic E-state index is 0.222. The van der Waals surface area contributed by atoms with Crippen LogP contribution in [0.25, 0.3) is 6.08 Å². The number of piperidine rings is 1. The lowest BCUT2D eigenvalue weighted by molar-refractivity contribution is -0.0499. The number of halogens is 2. The summed E-state index contributed by atoms with van der Waals surface area (Å²) in [6, 6.07) is 7.16. The molecule has 2 nitrogen and oxygen atoms in total. The second kappa shape index (κ2) is 6.50. The second-order valence-corrected chi connectivity index (χ2v) is 4.33. The van der Waals surface area contributed by atoms with Gasteiger partial charge in [-0.3, -0.25) is 0 Å². The van der Waals surface area contributed by atoms with E-state index < -0.39 is 6.61 Å². The number of hydrogen-bond donors (Lipinski definition) is 1. The molecule has 0 saturated carbocycles. The molecule has 1 heterocycles. The Kier molecular flexibility index (Phi) is 4.70. The van der Waals surface area contributed by atoms with Crippen LogP contribution in [0, 0.1) is 0 Å². The van der Waals surface area contributed by atoms with Gasteiger partial charge in [-0.1, -0.05) is 36.8 Å². The van der Waals surface area contributed by atoms with Crippen LogP contribution in [0.4, 0.5) is 8.78 Å². The lowest BCUT2D eigenvalue weighted by Crippen LogP contribution is -2.31. The first kappa shape index (κ1) is 13.0. The summed E-state index contributed by atoms with van der Waals surface area (Å²) in [6.45, 7) is -1.77. The van der Waals surface area contributed by atoms with Crippen molar-refractivity contribution in [3.05, 3.63) is 35.9 Å². The molecule has 0 radical (unpaired) electrons. The van der Waals surface area contributed by atoms with Gasteiger partial charge in [0.25, 0.3) is 0 Å². The largest absolute Gasteiger partial charge is 0.434 e. The van der Waals surface area contributed by atoms with Gasteiger partial charge in [-0.25, -0.2) is 0 Å². The second-order valence-electron chi connectivity index (χ2n) is 4.33. The number of nitrogens with one attached hydrogen (secondary N) is 1. The standard InChI is InChI=1S/C14H17F2NO/c15-14(16)18-13-7-2-1-5-11(13)8-9-12-6-3-4-10-17-12/h1-2,5,7-9,12,14,17H,3-4,6,10H2/b9-8+. The third kappa shape index (κ3) is 3.81. The summed E-state index contributed by atoms with van der Waals surface area (Å²) in [5, 5.41) is 3.37. The maximum Gasteiger partial charge on any atom is 0.387 e. The van der Waals surface area contributed by atoms with Crippen LogP contribution >= 0.6 is 0 Å². The van der Waals surface area contributed by atoms with Gasteiger partial charge < -0.3 is 10.1 Å². The molecule has 4 heteroatoms. The van der Waals surface area contributed by atoms with Crippen molar-refractivity contribution in [1.29, 1.82) is 0 Å². The Hall–Kier alpha value is -1.42. The number of rotatable bonds is 4. The zero-order valence-electron chi connectivity index (χ0n) is 10.1. The fourth-order valence-corrected chi connectivity index (χ4v) is 2.08. The van der Waals surface area contributed by atoms with E-state index in [0.717, 1.165) is 13.0 Å². The van der Waals surface area contributed by atoms with Gasteiger partial charge in [-0.05, 0) is 25.5 Å². The molecule has 1 aliphatic heterocycles. The number of benzene rings is 1. The molecule has 1 aliphatic rings. The quantitative estimate of drug-likeness (QED) is 0.887. The van der Waals surface area contributed by atoms with Gasteiger partial charge in [0, 0.05) is 11.6 Å². The molecule has 1 N–H and O–H groups in total. The van der Waals surface area contributed by atoms with E-state index in [-0.39, 0.29) is 5.75 Å². The molecule has 1 unspecified atom stereocenters. The van der Waals surface area contributed by atoms with E-state index in [1.807, 2.05) is 18.2 Å². The molecular weight excluding hydrogens is 236 g/mol. The summed E-state index contributed by atoms with van der Waals surface area (Å²) < 4.78 is 29.0. The maximum atomic E-state index is 12.2. The van der Waals surface area contributed by atoms with E-state index >= 15 is 0 Å². The Morgan fingerprint density at radius 1 is 1.28 bits per heavy atom. The van der Waals surface area contributed by atoms with Crippen molar-refractivity contribution in [3.8, 4) is 5.75 Å². The molecule has 1 aromatic carbocycles. The van der Waals surface area contributed by atoms with Crippen LogP contribution in [0.1, 0.15) is 24.8 Å². The maximum absolute atomic E-state index is 12.2. The van der Waals surface area contributed by atoms with Gasteiger partial charge in [-0.2, -0.15) is 8.78 Å². The van der Waals surface area contributed by atoms with Crippen molar-refractivity contribution in [2.24, 2.45) is 0 Å². The normalized spacial score (nSPS) is 20.5. The van der Waals surface area contributed by atoms with Crippen molar-refractivity contribution >= 4 is 6.08 Å². The summed E-state index contributed by atoms with van der Waals surface area (Å²) in [6.07, 6.45) is 7.37. The van der Waals surface area contributed by atoms with Crippen LogP contribution in [0.5, 0.6) is 5.75 Å². The van der Waals surface area contributed by atoms with Crippen LogP contribution in [0.2, 0.25) is 0 Å². The topological polar surface area (TPSA) is 21.3 Å². The van der Waals surface area contributed by atoms with Gasteiger partial charge in [0.15, 0.2) is 0 Å². The van der Waals surface area contributed by atoms with Crippen molar-refractivity contribution in [2.75, 3.05) is 6.54 Å². The monoisotopic (exact) mass is 253 g/mol. The molecule has 0 spiro atoms. The highest BCUT2D eigenvalue weighted by Crippen LogP contribution is 2.22. The van der Waals surface area contributed by atoms with Crippen LogP contribution in [-0.2, 0) is 0 Å². The first-order valence-corrected chi connectivity index (χ1v) is 6.21. The summed E-state index contributed by atoms with van der Waals surface area (Å²) in [7, 11) is 0. The molecule has 1 fully saturated rings. The highest BCUT2D eigenvalue weighted by molar-refractivity contribution is 5.57. The Morgan fingerprint density at radius 2 is 2.11 bits per heavy atom. The van der Waals surface area contributed by atoms with Crippen molar-refractivity contribution in [2.45, 2.75) is 31.9 Å². The average Bonchev–Trinajstić information content (AvgIpc) is 2.38. The zero-order chi connectivity index (χ0) is 12.8. The molecule has 1 atom stereocenters. The number of para-hydroxylation sites is 1. The molecule has 1 aromatic rings. The molecule has 2 rings (SSSR count). The predicted molar refractivity (Wildman–Crippen MR) is 67.7 cm³/mol. The molecule has 98 valence electrons.